The van der Waals surface area contributed by atoms with Crippen molar-refractivity contribution in [3.05, 3.63) is 29.8 Å². The van der Waals surface area contributed by atoms with Crippen LogP contribution in [0.4, 0.5) is 10.5 Å². The number of rotatable bonds is 1. The first-order valence-corrected chi connectivity index (χ1v) is 6.96. The van der Waals surface area contributed by atoms with E-state index in [0.717, 1.165) is 0 Å². The zero-order chi connectivity index (χ0) is 15.0. The number of nitriles is 1. The molecular formula is C15H16N4O2. The lowest BCUT2D eigenvalue weighted by atomic mass is 9.83. The molecule has 6 nitrogen and oxygen atoms in total. The molecule has 2 saturated heterocycles. The number of amides is 3. The smallest absolute Gasteiger partial charge is 0.314 e. The van der Waals surface area contributed by atoms with Crippen LogP contribution >= 0.6 is 0 Å². The second kappa shape index (κ2) is 4.86. The average molecular weight is 284 g/mol. The predicted octanol–water partition coefficient (Wildman–Crippen LogP) is 1.13. The molecule has 2 unspecified atom stereocenters. The Bertz CT molecular complexity index is 651. The predicted molar refractivity (Wildman–Crippen MR) is 76.6 cm³/mol. The summed E-state index contributed by atoms with van der Waals surface area (Å²) in [6, 6.07) is 8.60. The van der Waals surface area contributed by atoms with Crippen molar-refractivity contribution in [1.29, 1.82) is 5.26 Å². The zero-order valence-electron chi connectivity index (χ0n) is 11.7. The summed E-state index contributed by atoms with van der Waals surface area (Å²) in [7, 11) is 0. The van der Waals surface area contributed by atoms with Crippen molar-refractivity contribution >= 4 is 17.6 Å². The molecule has 1 spiro atoms. The maximum atomic E-state index is 12.4. The van der Waals surface area contributed by atoms with Gasteiger partial charge in [0.25, 0.3) is 5.91 Å². The van der Waals surface area contributed by atoms with Crippen LogP contribution in [0.1, 0.15) is 25.3 Å². The Labute approximate surface area is 122 Å². The molecule has 0 aromatic heterocycles. The van der Waals surface area contributed by atoms with E-state index in [-0.39, 0.29) is 11.9 Å². The van der Waals surface area contributed by atoms with Gasteiger partial charge in [0, 0.05) is 11.7 Å². The number of nitrogens with zero attached hydrogens (tertiary/aromatic N) is 2. The summed E-state index contributed by atoms with van der Waals surface area (Å²) in [6.45, 7) is 2.68. The third-order valence-corrected chi connectivity index (χ3v) is 4.18. The van der Waals surface area contributed by atoms with Crippen LogP contribution in [0, 0.1) is 11.3 Å². The number of hydrogen-bond donors (Lipinski definition) is 2. The van der Waals surface area contributed by atoms with Crippen LogP contribution in [-0.2, 0) is 4.79 Å². The highest BCUT2D eigenvalue weighted by molar-refractivity contribution is 6.17. The third kappa shape index (κ3) is 2.06. The number of hydrogen-bond acceptors (Lipinski definition) is 4. The van der Waals surface area contributed by atoms with Crippen molar-refractivity contribution in [2.75, 3.05) is 11.4 Å². The Kier molecular flexibility index (Phi) is 3.15. The van der Waals surface area contributed by atoms with Gasteiger partial charge in [0.1, 0.15) is 5.54 Å². The molecule has 3 amide bonds. The molecule has 1 aromatic rings. The maximum Gasteiger partial charge on any atom is 0.329 e. The number of imide groups is 1. The first kappa shape index (κ1) is 13.6. The van der Waals surface area contributed by atoms with Crippen molar-refractivity contribution in [1.82, 2.24) is 10.6 Å². The molecule has 0 radical (unpaired) electrons. The summed E-state index contributed by atoms with van der Waals surface area (Å²) in [5.41, 5.74) is 0.207. The first-order valence-electron chi connectivity index (χ1n) is 6.96. The van der Waals surface area contributed by atoms with Gasteiger partial charge in [0.2, 0.25) is 0 Å². The first-order chi connectivity index (χ1) is 10.1. The van der Waals surface area contributed by atoms with Crippen LogP contribution in [0.3, 0.4) is 0 Å². The minimum absolute atomic E-state index is 0.150. The largest absolute Gasteiger partial charge is 0.329 e. The molecule has 2 aliphatic rings. The molecule has 0 bridgehead atoms. The molecule has 0 aliphatic carbocycles. The highest BCUT2D eigenvalue weighted by Gasteiger charge is 2.54. The van der Waals surface area contributed by atoms with Gasteiger partial charge in [-0.3, -0.25) is 15.0 Å². The molecule has 6 heteroatoms. The molecule has 2 N–H and O–H groups in total. The van der Waals surface area contributed by atoms with Crippen molar-refractivity contribution in [3.8, 4) is 6.07 Å². The third-order valence-electron chi connectivity index (χ3n) is 4.18. The Hall–Kier alpha value is -2.39. The van der Waals surface area contributed by atoms with Crippen molar-refractivity contribution in [3.63, 3.8) is 0 Å². The summed E-state index contributed by atoms with van der Waals surface area (Å²) >= 11 is 0. The van der Waals surface area contributed by atoms with Crippen molar-refractivity contribution < 1.29 is 9.59 Å². The molecule has 2 aliphatic heterocycles. The van der Waals surface area contributed by atoms with Crippen molar-refractivity contribution in [2.45, 2.75) is 31.3 Å². The van der Waals surface area contributed by atoms with Crippen LogP contribution in [-0.4, -0.2) is 30.1 Å². The van der Waals surface area contributed by atoms with Gasteiger partial charge < -0.3 is 5.32 Å². The zero-order valence-corrected chi connectivity index (χ0v) is 11.7. The van der Waals surface area contributed by atoms with Crippen LogP contribution in [0.5, 0.6) is 0 Å². The van der Waals surface area contributed by atoms with Crippen LogP contribution in [0.2, 0.25) is 0 Å². The van der Waals surface area contributed by atoms with E-state index >= 15 is 0 Å². The second-order valence-electron chi connectivity index (χ2n) is 5.60. The standard InChI is InChI=1S/C15H16N4O2/c1-10-8-15(5-6-17-10)13(20)18-14(21)19(15)12-4-2-3-11(7-12)9-16/h2-4,7,10,17H,5-6,8H2,1H3,(H,18,20,21). The van der Waals surface area contributed by atoms with Gasteiger partial charge in [-0.25, -0.2) is 4.79 Å². The quantitative estimate of drug-likeness (QED) is 0.757. The summed E-state index contributed by atoms with van der Waals surface area (Å²) < 4.78 is 0. The fraction of sp³-hybridized carbons (Fsp3) is 0.400. The molecule has 1 aromatic carbocycles. The molecule has 21 heavy (non-hydrogen) atoms. The highest BCUT2D eigenvalue weighted by Crippen LogP contribution is 2.37. The van der Waals surface area contributed by atoms with Crippen LogP contribution in [0.25, 0.3) is 0 Å². The van der Waals surface area contributed by atoms with E-state index in [1.54, 1.807) is 24.3 Å². The summed E-state index contributed by atoms with van der Waals surface area (Å²) in [5, 5.41) is 14.7. The summed E-state index contributed by atoms with van der Waals surface area (Å²) in [5.74, 6) is -0.247. The minimum Gasteiger partial charge on any atom is -0.314 e. The number of piperidine rings is 1. The van der Waals surface area contributed by atoms with Gasteiger partial charge in [-0.2, -0.15) is 5.26 Å². The summed E-state index contributed by atoms with van der Waals surface area (Å²) in [4.78, 5) is 26.2. The minimum atomic E-state index is -0.851. The number of carbonyl (C=O) groups excluding carboxylic acids is 2. The normalized spacial score (nSPS) is 28.6. The lowest BCUT2D eigenvalue weighted by molar-refractivity contribution is -0.124. The molecule has 2 fully saturated rings. The highest BCUT2D eigenvalue weighted by atomic mass is 16.2. The molecule has 0 saturated carbocycles. The van der Waals surface area contributed by atoms with Gasteiger partial charge in [0.15, 0.2) is 0 Å². The van der Waals surface area contributed by atoms with Gasteiger partial charge in [-0.1, -0.05) is 6.07 Å². The molecule has 2 heterocycles. The van der Waals surface area contributed by atoms with Gasteiger partial charge in [-0.05, 0) is 44.5 Å². The SMILES string of the molecule is CC1CC2(CCN1)C(=O)NC(=O)N2c1cccc(C#N)c1. The van der Waals surface area contributed by atoms with E-state index < -0.39 is 11.6 Å². The van der Waals surface area contributed by atoms with E-state index in [1.807, 2.05) is 6.92 Å². The van der Waals surface area contributed by atoms with Crippen LogP contribution in [0.15, 0.2) is 24.3 Å². The molecule has 2 atom stereocenters. The van der Waals surface area contributed by atoms with E-state index in [4.69, 9.17) is 5.26 Å². The van der Waals surface area contributed by atoms with Crippen LogP contribution < -0.4 is 15.5 Å². The number of nitrogens with one attached hydrogen (secondary N) is 2. The van der Waals surface area contributed by atoms with E-state index in [1.165, 1.54) is 4.90 Å². The lowest BCUT2D eigenvalue weighted by Crippen LogP contribution is -2.58. The fourth-order valence-corrected chi connectivity index (χ4v) is 3.26. The Balaban J connectivity index is 2.07. The van der Waals surface area contributed by atoms with Crippen molar-refractivity contribution in [2.24, 2.45) is 0 Å². The summed E-state index contributed by atoms with van der Waals surface area (Å²) in [6.07, 6.45) is 1.12. The number of carbonyl (C=O) groups is 2. The van der Waals surface area contributed by atoms with Gasteiger partial charge in [-0.15, -0.1) is 0 Å². The van der Waals surface area contributed by atoms with Gasteiger partial charge in [0.05, 0.1) is 11.6 Å². The molecule has 108 valence electrons. The Morgan fingerprint density at radius 1 is 1.43 bits per heavy atom. The molecule has 3 rings (SSSR count). The fourth-order valence-electron chi connectivity index (χ4n) is 3.26. The number of urea groups is 1. The second-order valence-corrected chi connectivity index (χ2v) is 5.60. The topological polar surface area (TPSA) is 85.2 Å². The number of anilines is 1. The monoisotopic (exact) mass is 284 g/mol. The Morgan fingerprint density at radius 3 is 2.95 bits per heavy atom. The van der Waals surface area contributed by atoms with E-state index in [9.17, 15) is 9.59 Å². The van der Waals surface area contributed by atoms with E-state index in [0.29, 0.717) is 30.6 Å². The number of benzene rings is 1. The Morgan fingerprint density at radius 2 is 2.24 bits per heavy atom. The van der Waals surface area contributed by atoms with Gasteiger partial charge >= 0.3 is 6.03 Å². The molecular weight excluding hydrogens is 268 g/mol. The lowest BCUT2D eigenvalue weighted by Gasteiger charge is -2.41. The average Bonchev–Trinajstić information content (AvgIpc) is 2.69. The van der Waals surface area contributed by atoms with E-state index in [2.05, 4.69) is 16.7 Å². The maximum absolute atomic E-state index is 12.4.